The van der Waals surface area contributed by atoms with Crippen LogP contribution in [0.25, 0.3) is 11.6 Å². The Morgan fingerprint density at radius 2 is 2.19 bits per heavy atom. The van der Waals surface area contributed by atoms with Gasteiger partial charge in [-0.3, -0.25) is 9.69 Å². The van der Waals surface area contributed by atoms with E-state index in [2.05, 4.69) is 15.4 Å². The molecule has 1 N–H and O–H groups in total. The maximum Gasteiger partial charge on any atom is 0.325 e. The summed E-state index contributed by atoms with van der Waals surface area (Å²) in [7, 11) is 0. The van der Waals surface area contributed by atoms with Gasteiger partial charge < -0.3 is 9.73 Å². The molecule has 0 spiro atoms. The summed E-state index contributed by atoms with van der Waals surface area (Å²) in [6.07, 6.45) is 0. The summed E-state index contributed by atoms with van der Waals surface area (Å²) >= 11 is 0. The molecule has 21 heavy (non-hydrogen) atoms. The molecule has 1 aliphatic heterocycles. The van der Waals surface area contributed by atoms with Crippen molar-refractivity contribution in [3.8, 4) is 11.6 Å². The molecular formula is C13H15N5O3. The molecule has 3 rings (SSSR count). The zero-order valence-corrected chi connectivity index (χ0v) is 11.8. The summed E-state index contributed by atoms with van der Waals surface area (Å²) in [5, 5.41) is 6.83. The lowest BCUT2D eigenvalue weighted by Crippen LogP contribution is -2.31. The average molecular weight is 289 g/mol. The number of hydrogen-bond donors (Lipinski definition) is 1. The standard InChI is InChI=1S/C13H15N5O3/c1-3-18-10(7-17-11(19)6-14-13(17)20)15-12(16-18)9-5-4-8(2)21-9/h4-5H,3,6-7H2,1-2H3,(H,14,20). The van der Waals surface area contributed by atoms with E-state index in [0.717, 1.165) is 10.7 Å². The van der Waals surface area contributed by atoms with Gasteiger partial charge in [0.25, 0.3) is 0 Å². The maximum absolute atomic E-state index is 11.6. The molecule has 0 bridgehead atoms. The van der Waals surface area contributed by atoms with Gasteiger partial charge >= 0.3 is 6.03 Å². The van der Waals surface area contributed by atoms with Gasteiger partial charge in [-0.05, 0) is 26.0 Å². The van der Waals surface area contributed by atoms with Crippen LogP contribution in [-0.4, -0.2) is 38.1 Å². The van der Waals surface area contributed by atoms with Crippen LogP contribution in [0.3, 0.4) is 0 Å². The summed E-state index contributed by atoms with van der Waals surface area (Å²) in [6, 6.07) is 3.22. The fraction of sp³-hybridized carbons (Fsp3) is 0.385. The van der Waals surface area contributed by atoms with E-state index < -0.39 is 6.03 Å². The molecule has 0 radical (unpaired) electrons. The molecule has 110 valence electrons. The van der Waals surface area contributed by atoms with Crippen LogP contribution in [0.15, 0.2) is 16.5 Å². The molecule has 0 aliphatic carbocycles. The van der Waals surface area contributed by atoms with Crippen molar-refractivity contribution >= 4 is 11.9 Å². The SMILES string of the molecule is CCn1nc(-c2ccc(C)o2)nc1CN1C(=O)CNC1=O. The first-order valence-electron chi connectivity index (χ1n) is 6.67. The van der Waals surface area contributed by atoms with Gasteiger partial charge in [0.1, 0.15) is 11.6 Å². The van der Waals surface area contributed by atoms with E-state index in [0.29, 0.717) is 24.0 Å². The lowest BCUT2D eigenvalue weighted by molar-refractivity contribution is -0.125. The van der Waals surface area contributed by atoms with Gasteiger partial charge in [0.15, 0.2) is 5.76 Å². The van der Waals surface area contributed by atoms with Crippen molar-refractivity contribution in [1.29, 1.82) is 0 Å². The van der Waals surface area contributed by atoms with Gasteiger partial charge in [-0.25, -0.2) is 14.5 Å². The van der Waals surface area contributed by atoms with E-state index in [-0.39, 0.29) is 19.0 Å². The molecule has 1 fully saturated rings. The van der Waals surface area contributed by atoms with Crippen molar-refractivity contribution in [3.05, 3.63) is 23.7 Å². The minimum atomic E-state index is -0.402. The van der Waals surface area contributed by atoms with Gasteiger partial charge in [0, 0.05) is 6.54 Å². The molecule has 3 heterocycles. The molecule has 0 aromatic carbocycles. The zero-order chi connectivity index (χ0) is 15.0. The number of carbonyl (C=O) groups is 2. The predicted octanol–water partition coefficient (Wildman–Crippen LogP) is 0.918. The lowest BCUT2D eigenvalue weighted by Gasteiger charge is -2.11. The van der Waals surface area contributed by atoms with Crippen molar-refractivity contribution in [1.82, 2.24) is 25.0 Å². The number of carbonyl (C=O) groups excluding carboxylic acids is 2. The van der Waals surface area contributed by atoms with E-state index in [1.165, 1.54) is 0 Å². The van der Waals surface area contributed by atoms with Crippen molar-refractivity contribution in [2.75, 3.05) is 6.54 Å². The average Bonchev–Trinajstić information content (AvgIpc) is 3.14. The number of nitrogens with one attached hydrogen (secondary N) is 1. The summed E-state index contributed by atoms with van der Waals surface area (Å²) in [6.45, 7) is 4.48. The molecule has 8 nitrogen and oxygen atoms in total. The molecule has 8 heteroatoms. The van der Waals surface area contributed by atoms with E-state index in [1.807, 2.05) is 19.9 Å². The number of furan rings is 1. The molecule has 0 saturated carbocycles. The highest BCUT2D eigenvalue weighted by molar-refractivity contribution is 6.01. The highest BCUT2D eigenvalue weighted by atomic mass is 16.3. The highest BCUT2D eigenvalue weighted by Crippen LogP contribution is 2.19. The largest absolute Gasteiger partial charge is 0.458 e. The smallest absolute Gasteiger partial charge is 0.325 e. The third-order valence-electron chi connectivity index (χ3n) is 3.25. The first kappa shape index (κ1) is 13.3. The Hall–Kier alpha value is -2.64. The van der Waals surface area contributed by atoms with Crippen molar-refractivity contribution in [2.24, 2.45) is 0 Å². The first-order valence-corrected chi connectivity index (χ1v) is 6.67. The van der Waals surface area contributed by atoms with Crippen molar-refractivity contribution in [2.45, 2.75) is 26.9 Å². The number of amides is 3. The molecule has 1 aliphatic rings. The van der Waals surface area contributed by atoms with Gasteiger partial charge in [0.05, 0.1) is 13.1 Å². The van der Waals surface area contributed by atoms with Crippen LogP contribution >= 0.6 is 0 Å². The van der Waals surface area contributed by atoms with E-state index in [9.17, 15) is 9.59 Å². The quantitative estimate of drug-likeness (QED) is 0.845. The Morgan fingerprint density at radius 3 is 2.76 bits per heavy atom. The van der Waals surface area contributed by atoms with Gasteiger partial charge in [-0.2, -0.15) is 0 Å². The topological polar surface area (TPSA) is 93.3 Å². The second-order valence-corrected chi connectivity index (χ2v) is 4.72. The van der Waals surface area contributed by atoms with Crippen LogP contribution in [0, 0.1) is 6.92 Å². The molecule has 3 amide bonds. The number of aryl methyl sites for hydroxylation is 2. The molecular weight excluding hydrogens is 274 g/mol. The van der Waals surface area contributed by atoms with Crippen molar-refractivity contribution in [3.63, 3.8) is 0 Å². The number of urea groups is 1. The third-order valence-corrected chi connectivity index (χ3v) is 3.25. The molecule has 2 aromatic heterocycles. The van der Waals surface area contributed by atoms with Gasteiger partial charge in [-0.1, -0.05) is 0 Å². The van der Waals surface area contributed by atoms with E-state index >= 15 is 0 Å². The van der Waals surface area contributed by atoms with Crippen LogP contribution < -0.4 is 5.32 Å². The maximum atomic E-state index is 11.6. The first-order chi connectivity index (χ1) is 10.1. The molecule has 0 unspecified atom stereocenters. The fourth-order valence-corrected chi connectivity index (χ4v) is 2.16. The van der Waals surface area contributed by atoms with Crippen molar-refractivity contribution < 1.29 is 14.0 Å². The second kappa shape index (κ2) is 5.04. The predicted molar refractivity (Wildman–Crippen MR) is 72.1 cm³/mol. The molecule has 1 saturated heterocycles. The second-order valence-electron chi connectivity index (χ2n) is 4.72. The summed E-state index contributed by atoms with van der Waals surface area (Å²) in [4.78, 5) is 28.7. The Balaban J connectivity index is 1.90. The number of rotatable bonds is 4. The van der Waals surface area contributed by atoms with Crippen LogP contribution in [0.5, 0.6) is 0 Å². The number of nitrogens with zero attached hydrogens (tertiary/aromatic N) is 4. The Labute approximate surface area is 120 Å². The third kappa shape index (κ3) is 2.39. The Bertz CT molecular complexity index is 686. The van der Waals surface area contributed by atoms with Gasteiger partial charge in [-0.15, -0.1) is 5.10 Å². The Morgan fingerprint density at radius 1 is 1.38 bits per heavy atom. The van der Waals surface area contributed by atoms with Crippen LogP contribution in [0.2, 0.25) is 0 Å². The summed E-state index contributed by atoms with van der Waals surface area (Å²) in [5.74, 6) is 2.08. The number of imide groups is 1. The highest BCUT2D eigenvalue weighted by Gasteiger charge is 2.30. The summed E-state index contributed by atoms with van der Waals surface area (Å²) in [5.41, 5.74) is 0. The summed E-state index contributed by atoms with van der Waals surface area (Å²) < 4.78 is 7.16. The number of hydrogen-bond acceptors (Lipinski definition) is 5. The van der Waals surface area contributed by atoms with Gasteiger partial charge in [0.2, 0.25) is 11.7 Å². The zero-order valence-electron chi connectivity index (χ0n) is 11.8. The van der Waals surface area contributed by atoms with E-state index in [1.54, 1.807) is 10.7 Å². The fourth-order valence-electron chi connectivity index (χ4n) is 2.16. The normalized spacial score (nSPS) is 14.9. The molecule has 0 atom stereocenters. The van der Waals surface area contributed by atoms with Crippen LogP contribution in [0.1, 0.15) is 18.5 Å². The van der Waals surface area contributed by atoms with Crippen LogP contribution in [-0.2, 0) is 17.9 Å². The monoisotopic (exact) mass is 289 g/mol. The van der Waals surface area contributed by atoms with Crippen LogP contribution in [0.4, 0.5) is 4.79 Å². The molecule has 2 aromatic rings. The minimum absolute atomic E-state index is 0.0311. The van der Waals surface area contributed by atoms with E-state index in [4.69, 9.17) is 4.42 Å². The Kier molecular flexibility index (Phi) is 3.20. The number of aromatic nitrogens is 3. The minimum Gasteiger partial charge on any atom is -0.458 e. The lowest BCUT2D eigenvalue weighted by atomic mass is 10.4.